The van der Waals surface area contributed by atoms with Crippen molar-refractivity contribution in [2.75, 3.05) is 13.6 Å². The van der Waals surface area contributed by atoms with E-state index in [2.05, 4.69) is 9.97 Å². The van der Waals surface area contributed by atoms with E-state index in [1.807, 2.05) is 37.3 Å². The highest BCUT2D eigenvalue weighted by molar-refractivity contribution is 5.99. The van der Waals surface area contributed by atoms with Crippen LogP contribution < -0.4 is 18.9 Å². The molecular weight excluding hydrogens is 296 g/mol. The van der Waals surface area contributed by atoms with Gasteiger partial charge in [0.15, 0.2) is 23.0 Å². The Morgan fingerprint density at radius 2 is 1.61 bits per heavy atom. The average molecular weight is 308 g/mol. The summed E-state index contributed by atoms with van der Waals surface area (Å²) in [7, 11) is 0. The van der Waals surface area contributed by atoms with Crippen LogP contribution in [0.5, 0.6) is 23.0 Å². The fourth-order valence-corrected chi connectivity index (χ4v) is 2.95. The van der Waals surface area contributed by atoms with E-state index in [1.54, 1.807) is 0 Å². The van der Waals surface area contributed by atoms with Gasteiger partial charge < -0.3 is 18.9 Å². The van der Waals surface area contributed by atoms with Crippen LogP contribution in [0.3, 0.4) is 0 Å². The van der Waals surface area contributed by atoms with Crippen LogP contribution >= 0.6 is 0 Å². The van der Waals surface area contributed by atoms with Gasteiger partial charge in [0, 0.05) is 5.56 Å². The summed E-state index contributed by atoms with van der Waals surface area (Å²) < 4.78 is 22.0. The molecule has 2 aliphatic heterocycles. The third-order valence-corrected chi connectivity index (χ3v) is 3.96. The smallest absolute Gasteiger partial charge is 0.231 e. The first kappa shape index (κ1) is 12.5. The molecule has 0 N–H and O–H groups in total. The minimum Gasteiger partial charge on any atom is -0.454 e. The molecular formula is C17H12N2O4. The van der Waals surface area contributed by atoms with Crippen molar-refractivity contribution in [1.82, 2.24) is 9.97 Å². The largest absolute Gasteiger partial charge is 0.454 e. The molecule has 0 bridgehead atoms. The zero-order valence-electron chi connectivity index (χ0n) is 12.3. The Kier molecular flexibility index (Phi) is 2.44. The number of fused-ring (bicyclic) bond motifs is 4. The van der Waals surface area contributed by atoms with Gasteiger partial charge in [-0.2, -0.15) is 0 Å². The zero-order chi connectivity index (χ0) is 15.4. The molecule has 6 heteroatoms. The summed E-state index contributed by atoms with van der Waals surface area (Å²) in [6.45, 7) is 2.33. The molecule has 3 heterocycles. The number of rotatable bonds is 1. The second-order valence-corrected chi connectivity index (χ2v) is 5.38. The second kappa shape index (κ2) is 4.49. The minimum atomic E-state index is 0.211. The molecule has 114 valence electrons. The summed E-state index contributed by atoms with van der Waals surface area (Å²) in [4.78, 5) is 9.14. The Morgan fingerprint density at radius 3 is 2.57 bits per heavy atom. The molecule has 0 spiro atoms. The molecule has 0 fully saturated rings. The van der Waals surface area contributed by atoms with E-state index in [1.165, 1.54) is 0 Å². The molecule has 23 heavy (non-hydrogen) atoms. The first-order valence-corrected chi connectivity index (χ1v) is 7.26. The first-order valence-electron chi connectivity index (χ1n) is 7.26. The Labute approximate surface area is 131 Å². The lowest BCUT2D eigenvalue weighted by atomic mass is 10.0. The fraction of sp³-hybridized carbons (Fsp3) is 0.176. The van der Waals surface area contributed by atoms with Crippen LogP contribution in [-0.2, 0) is 0 Å². The molecule has 6 nitrogen and oxygen atoms in total. The summed E-state index contributed by atoms with van der Waals surface area (Å²) in [6, 6.07) is 9.58. The number of benzene rings is 2. The fourth-order valence-electron chi connectivity index (χ4n) is 2.95. The predicted molar refractivity (Wildman–Crippen MR) is 82.0 cm³/mol. The number of hydrogen-bond donors (Lipinski definition) is 0. The van der Waals surface area contributed by atoms with Crippen molar-refractivity contribution in [3.05, 3.63) is 36.2 Å². The van der Waals surface area contributed by atoms with Gasteiger partial charge in [0.1, 0.15) is 5.82 Å². The summed E-state index contributed by atoms with van der Waals surface area (Å²) >= 11 is 0. The van der Waals surface area contributed by atoms with E-state index in [9.17, 15) is 0 Å². The van der Waals surface area contributed by atoms with Gasteiger partial charge in [-0.25, -0.2) is 9.97 Å². The van der Waals surface area contributed by atoms with Crippen molar-refractivity contribution < 1.29 is 18.9 Å². The Hall–Kier alpha value is -3.02. The van der Waals surface area contributed by atoms with Crippen LogP contribution in [-0.4, -0.2) is 23.6 Å². The summed E-state index contributed by atoms with van der Waals surface area (Å²) in [6.07, 6.45) is 0. The lowest BCUT2D eigenvalue weighted by molar-refractivity contribution is 0.174. The van der Waals surface area contributed by atoms with E-state index in [0.717, 1.165) is 33.7 Å². The Bertz CT molecular complexity index is 955. The van der Waals surface area contributed by atoms with Gasteiger partial charge in [0.25, 0.3) is 0 Å². The quantitative estimate of drug-likeness (QED) is 0.688. The molecule has 0 aliphatic carbocycles. The number of aromatic nitrogens is 2. The summed E-state index contributed by atoms with van der Waals surface area (Å²) in [5.74, 6) is 3.57. The molecule has 0 saturated heterocycles. The van der Waals surface area contributed by atoms with Gasteiger partial charge in [-0.15, -0.1) is 0 Å². The third-order valence-electron chi connectivity index (χ3n) is 3.96. The van der Waals surface area contributed by atoms with E-state index < -0.39 is 0 Å². The highest BCUT2D eigenvalue weighted by Crippen LogP contribution is 2.44. The van der Waals surface area contributed by atoms with Gasteiger partial charge in [-0.1, -0.05) is 0 Å². The normalized spacial score (nSPS) is 14.5. The summed E-state index contributed by atoms with van der Waals surface area (Å²) in [5, 5.41) is 0.851. The second-order valence-electron chi connectivity index (χ2n) is 5.38. The van der Waals surface area contributed by atoms with Crippen LogP contribution in [0.15, 0.2) is 30.3 Å². The monoisotopic (exact) mass is 308 g/mol. The lowest BCUT2D eigenvalue weighted by Crippen LogP contribution is -1.96. The van der Waals surface area contributed by atoms with Crippen molar-refractivity contribution in [2.45, 2.75) is 6.92 Å². The molecule has 0 atom stereocenters. The van der Waals surface area contributed by atoms with E-state index >= 15 is 0 Å². The van der Waals surface area contributed by atoms with E-state index in [4.69, 9.17) is 18.9 Å². The Morgan fingerprint density at radius 1 is 0.826 bits per heavy atom. The van der Waals surface area contributed by atoms with Crippen LogP contribution in [0.1, 0.15) is 5.82 Å². The topological polar surface area (TPSA) is 62.7 Å². The molecule has 0 unspecified atom stereocenters. The lowest BCUT2D eigenvalue weighted by Gasteiger charge is -2.10. The molecule has 2 aromatic carbocycles. The highest BCUT2D eigenvalue weighted by Gasteiger charge is 2.23. The predicted octanol–water partition coefficient (Wildman–Crippen LogP) is 3.06. The minimum absolute atomic E-state index is 0.211. The maximum Gasteiger partial charge on any atom is 0.231 e. The number of hydrogen-bond acceptors (Lipinski definition) is 6. The first-order chi connectivity index (χ1) is 11.3. The molecule has 1 aromatic heterocycles. The van der Waals surface area contributed by atoms with E-state index in [0.29, 0.717) is 17.3 Å². The van der Waals surface area contributed by atoms with Gasteiger partial charge in [-0.05, 0) is 37.3 Å². The van der Waals surface area contributed by atoms with E-state index in [-0.39, 0.29) is 13.6 Å². The maximum atomic E-state index is 5.65. The van der Waals surface area contributed by atoms with Gasteiger partial charge in [0.2, 0.25) is 13.6 Å². The van der Waals surface area contributed by atoms with Crippen LogP contribution in [0.2, 0.25) is 0 Å². The number of aryl methyl sites for hydroxylation is 1. The molecule has 5 rings (SSSR count). The molecule has 0 saturated carbocycles. The standard InChI is InChI=1S/C17H12N2O4/c1-9-18-11-3-5-13-17(23-8-21-13)15(11)16(19-9)10-2-4-12-14(6-10)22-7-20-12/h2-6H,7-8H2,1H3. The Balaban J connectivity index is 1.82. The highest BCUT2D eigenvalue weighted by atomic mass is 16.7. The van der Waals surface area contributed by atoms with Crippen molar-refractivity contribution in [3.8, 4) is 34.3 Å². The third kappa shape index (κ3) is 1.81. The average Bonchev–Trinajstić information content (AvgIpc) is 3.21. The van der Waals surface area contributed by atoms with Crippen molar-refractivity contribution in [3.63, 3.8) is 0 Å². The zero-order valence-corrected chi connectivity index (χ0v) is 12.3. The van der Waals surface area contributed by atoms with Gasteiger partial charge in [0.05, 0.1) is 16.6 Å². The number of ether oxygens (including phenoxy) is 4. The number of nitrogens with zero attached hydrogens (tertiary/aromatic N) is 2. The van der Waals surface area contributed by atoms with Crippen LogP contribution in [0.4, 0.5) is 0 Å². The van der Waals surface area contributed by atoms with Crippen LogP contribution in [0.25, 0.3) is 22.2 Å². The SMILES string of the molecule is Cc1nc(-c2ccc3c(c2)OCO3)c2c3c(ccc2n1)OCO3. The maximum absolute atomic E-state index is 5.65. The van der Waals surface area contributed by atoms with Crippen molar-refractivity contribution in [2.24, 2.45) is 0 Å². The molecule has 3 aromatic rings. The van der Waals surface area contributed by atoms with Crippen molar-refractivity contribution >= 4 is 10.9 Å². The van der Waals surface area contributed by atoms with Gasteiger partial charge in [-0.3, -0.25) is 0 Å². The van der Waals surface area contributed by atoms with Gasteiger partial charge >= 0.3 is 0 Å². The van der Waals surface area contributed by atoms with Crippen molar-refractivity contribution in [1.29, 1.82) is 0 Å². The summed E-state index contributed by atoms with van der Waals surface area (Å²) in [5.41, 5.74) is 2.55. The molecule has 0 amide bonds. The molecule has 0 radical (unpaired) electrons. The molecule has 2 aliphatic rings. The van der Waals surface area contributed by atoms with Crippen LogP contribution in [0, 0.1) is 6.92 Å².